The highest BCUT2D eigenvalue weighted by Crippen LogP contribution is 2.12. The van der Waals surface area contributed by atoms with Gasteiger partial charge in [-0.3, -0.25) is 14.4 Å². The fourth-order valence-corrected chi connectivity index (χ4v) is 7.68. The predicted octanol–water partition coefficient (Wildman–Crippen LogP) is 21.8. The Labute approximate surface area is 490 Å². The first kappa shape index (κ1) is 74.2. The molecule has 0 rings (SSSR count). The van der Waals surface area contributed by atoms with Crippen LogP contribution in [0.1, 0.15) is 233 Å². The van der Waals surface area contributed by atoms with E-state index in [1.807, 2.05) is 12.2 Å². The Kier molecular flexibility index (Phi) is 61.0. The second kappa shape index (κ2) is 65.8. The van der Waals surface area contributed by atoms with Crippen molar-refractivity contribution in [3.05, 3.63) is 194 Å². The predicted molar refractivity (Wildman–Crippen MR) is 347 cm³/mol. The molecule has 6 heteroatoms. The quantitative estimate of drug-likeness (QED) is 0.0261. The lowest BCUT2D eigenvalue weighted by Gasteiger charge is -2.18. The van der Waals surface area contributed by atoms with Crippen LogP contribution in [-0.4, -0.2) is 37.2 Å². The molecule has 1 unspecified atom stereocenters. The number of rotatable bonds is 54. The Morgan fingerprint density at radius 2 is 0.512 bits per heavy atom. The largest absolute Gasteiger partial charge is 0.462 e. The molecule has 0 heterocycles. The van der Waals surface area contributed by atoms with Crippen LogP contribution in [0, 0.1) is 0 Å². The SMILES string of the molecule is CC/C=C\C/C=C\C/C=C\C/C=C\C/C=C\C/C=C\C/C=C\C/C=C\C/C=C\C/C=C\CCCCCCC(=O)OCC(COC(=O)CC/C=C\C/C=C\C/C=C\C/C=C\CC)OC(=O)CCCCCCC/C=C\C/C=C\CCCC. The minimum atomic E-state index is -0.836. The van der Waals surface area contributed by atoms with Gasteiger partial charge in [0.15, 0.2) is 6.10 Å². The van der Waals surface area contributed by atoms with Gasteiger partial charge in [0, 0.05) is 19.3 Å². The average Bonchev–Trinajstić information content (AvgIpc) is 3.46. The minimum Gasteiger partial charge on any atom is -0.462 e. The lowest BCUT2D eigenvalue weighted by Crippen LogP contribution is -2.30. The molecule has 0 aromatic rings. The summed E-state index contributed by atoms with van der Waals surface area (Å²) in [6.45, 7) is 6.24. The molecule has 0 saturated carbocycles. The molecule has 0 spiro atoms. The average molecular weight is 1100 g/mol. The van der Waals surface area contributed by atoms with Crippen molar-refractivity contribution in [2.75, 3.05) is 13.2 Å². The zero-order valence-electron chi connectivity index (χ0n) is 50.8. The van der Waals surface area contributed by atoms with Crippen molar-refractivity contribution in [1.29, 1.82) is 0 Å². The summed E-state index contributed by atoms with van der Waals surface area (Å²) in [6, 6.07) is 0. The molecule has 0 aliphatic heterocycles. The molecule has 444 valence electrons. The Bertz CT molecular complexity index is 1930. The molecule has 6 nitrogen and oxygen atoms in total. The van der Waals surface area contributed by atoms with Gasteiger partial charge in [-0.05, 0) is 148 Å². The van der Waals surface area contributed by atoms with Crippen molar-refractivity contribution in [3.8, 4) is 0 Å². The molecule has 0 amide bonds. The summed E-state index contributed by atoms with van der Waals surface area (Å²) in [7, 11) is 0. The molecule has 0 aliphatic rings. The molecule has 0 N–H and O–H groups in total. The fraction of sp³-hybridized carbons (Fsp3) is 0.527. The van der Waals surface area contributed by atoms with Gasteiger partial charge in [0.25, 0.3) is 0 Å². The van der Waals surface area contributed by atoms with Gasteiger partial charge in [0.2, 0.25) is 0 Å². The van der Waals surface area contributed by atoms with Crippen molar-refractivity contribution >= 4 is 17.9 Å². The first-order chi connectivity index (χ1) is 39.5. The number of hydrogen-bond donors (Lipinski definition) is 0. The van der Waals surface area contributed by atoms with Crippen molar-refractivity contribution in [3.63, 3.8) is 0 Å². The zero-order chi connectivity index (χ0) is 57.8. The summed E-state index contributed by atoms with van der Waals surface area (Å²) < 4.78 is 16.8. The maximum Gasteiger partial charge on any atom is 0.306 e. The van der Waals surface area contributed by atoms with Crippen LogP contribution >= 0.6 is 0 Å². The van der Waals surface area contributed by atoms with Gasteiger partial charge in [-0.1, -0.05) is 260 Å². The normalized spacial score (nSPS) is 13.5. The Balaban J connectivity index is 4.38. The number of carbonyl (C=O) groups excluding carboxylic acids is 3. The number of carbonyl (C=O) groups is 3. The van der Waals surface area contributed by atoms with Crippen molar-refractivity contribution < 1.29 is 28.6 Å². The first-order valence-corrected chi connectivity index (χ1v) is 31.4. The van der Waals surface area contributed by atoms with Gasteiger partial charge >= 0.3 is 17.9 Å². The van der Waals surface area contributed by atoms with E-state index in [-0.39, 0.29) is 44.0 Å². The lowest BCUT2D eigenvalue weighted by atomic mass is 10.1. The van der Waals surface area contributed by atoms with E-state index in [0.717, 1.165) is 167 Å². The van der Waals surface area contributed by atoms with Crippen LogP contribution in [0.5, 0.6) is 0 Å². The van der Waals surface area contributed by atoms with Gasteiger partial charge in [-0.15, -0.1) is 0 Å². The topological polar surface area (TPSA) is 78.9 Å². The Morgan fingerprint density at radius 1 is 0.263 bits per heavy atom. The van der Waals surface area contributed by atoms with E-state index in [0.29, 0.717) is 12.8 Å². The van der Waals surface area contributed by atoms with Crippen LogP contribution in [0.2, 0.25) is 0 Å². The molecule has 0 aliphatic carbocycles. The van der Waals surface area contributed by atoms with Gasteiger partial charge < -0.3 is 14.2 Å². The van der Waals surface area contributed by atoms with Crippen LogP contribution in [0.25, 0.3) is 0 Å². The number of ether oxygens (including phenoxy) is 3. The third-order valence-electron chi connectivity index (χ3n) is 12.3. The Morgan fingerprint density at radius 3 is 0.838 bits per heavy atom. The van der Waals surface area contributed by atoms with Gasteiger partial charge in [-0.2, -0.15) is 0 Å². The fourth-order valence-electron chi connectivity index (χ4n) is 7.68. The molecule has 0 fully saturated rings. The summed E-state index contributed by atoms with van der Waals surface area (Å²) in [5, 5.41) is 0. The standard InChI is InChI=1S/C74H112O6/c1-4-7-10-13-16-19-22-25-27-28-29-30-31-32-33-34-35-36-37-38-39-40-41-42-43-44-45-46-47-50-52-55-58-61-64-67-73(76)79-70-71(69-78-72(75)66-63-60-57-54-51-48-24-21-18-15-12-9-6-3)80-74(77)68-65-62-59-56-53-49-26-23-20-17-14-11-8-5-2/h7,9-10,12,14,16-19,21,23,25-27,29-30,32-33,35-36,38-39,41-42,44-45,47-48,50-51,57,60,71H,4-6,8,11,13,15,20,22,24,28,31,34,37,40,43,46,49,52-56,58-59,61-70H2,1-3H3/b10-7-,12-9-,17-14-,19-16-,21-18-,26-23-,27-25-,30-29-,33-32-,36-35-,39-38-,42-41-,45-44-,50-47-,51-48-,60-57-. The van der Waals surface area contributed by atoms with Crippen LogP contribution in [0.3, 0.4) is 0 Å². The number of unbranched alkanes of at least 4 members (excludes halogenated alkanes) is 11. The maximum atomic E-state index is 12.8. The summed E-state index contributed by atoms with van der Waals surface area (Å²) in [6.07, 6.45) is 100. The highest BCUT2D eigenvalue weighted by molar-refractivity contribution is 5.71. The number of allylic oxidation sites excluding steroid dienone is 32. The number of esters is 3. The van der Waals surface area contributed by atoms with Crippen molar-refractivity contribution in [2.24, 2.45) is 0 Å². The summed E-state index contributed by atoms with van der Waals surface area (Å²) in [5.41, 5.74) is 0. The molecule has 0 saturated heterocycles. The van der Waals surface area contributed by atoms with Crippen LogP contribution in [-0.2, 0) is 28.6 Å². The highest BCUT2D eigenvalue weighted by atomic mass is 16.6. The van der Waals surface area contributed by atoms with Crippen molar-refractivity contribution in [2.45, 2.75) is 239 Å². The zero-order valence-corrected chi connectivity index (χ0v) is 50.8. The van der Waals surface area contributed by atoms with Crippen LogP contribution in [0.15, 0.2) is 194 Å². The van der Waals surface area contributed by atoms with E-state index in [1.54, 1.807) is 0 Å². The van der Waals surface area contributed by atoms with E-state index >= 15 is 0 Å². The molecular formula is C74H112O6. The van der Waals surface area contributed by atoms with E-state index in [2.05, 4.69) is 203 Å². The second-order valence-electron chi connectivity index (χ2n) is 19.8. The summed E-state index contributed by atoms with van der Waals surface area (Å²) >= 11 is 0. The van der Waals surface area contributed by atoms with Crippen molar-refractivity contribution in [1.82, 2.24) is 0 Å². The lowest BCUT2D eigenvalue weighted by molar-refractivity contribution is -0.166. The molecule has 1 atom stereocenters. The molecule has 0 aromatic heterocycles. The van der Waals surface area contributed by atoms with E-state index in [4.69, 9.17) is 14.2 Å². The second-order valence-corrected chi connectivity index (χ2v) is 19.8. The molecular weight excluding hydrogens is 985 g/mol. The molecule has 80 heavy (non-hydrogen) atoms. The molecule has 0 radical (unpaired) electrons. The van der Waals surface area contributed by atoms with E-state index < -0.39 is 6.10 Å². The molecule has 0 aromatic carbocycles. The third kappa shape index (κ3) is 63.1. The summed E-state index contributed by atoms with van der Waals surface area (Å²) in [5.74, 6) is -1.06. The minimum absolute atomic E-state index is 0.129. The number of hydrogen-bond acceptors (Lipinski definition) is 6. The third-order valence-corrected chi connectivity index (χ3v) is 12.3. The van der Waals surface area contributed by atoms with E-state index in [1.165, 1.54) is 19.3 Å². The van der Waals surface area contributed by atoms with E-state index in [9.17, 15) is 14.4 Å². The Hall–Kier alpha value is -5.75. The van der Waals surface area contributed by atoms with Gasteiger partial charge in [-0.25, -0.2) is 0 Å². The highest BCUT2D eigenvalue weighted by Gasteiger charge is 2.19. The first-order valence-electron chi connectivity index (χ1n) is 31.4. The smallest absolute Gasteiger partial charge is 0.306 e. The molecule has 0 bridgehead atoms. The van der Waals surface area contributed by atoms with Crippen LogP contribution in [0.4, 0.5) is 0 Å². The van der Waals surface area contributed by atoms with Gasteiger partial charge in [0.1, 0.15) is 13.2 Å². The van der Waals surface area contributed by atoms with Gasteiger partial charge in [0.05, 0.1) is 0 Å². The maximum absolute atomic E-state index is 12.8. The monoisotopic (exact) mass is 1100 g/mol. The summed E-state index contributed by atoms with van der Waals surface area (Å²) in [4.78, 5) is 38.1. The van der Waals surface area contributed by atoms with Crippen LogP contribution < -0.4 is 0 Å².